The van der Waals surface area contributed by atoms with E-state index in [0.717, 1.165) is 24.1 Å². The molecule has 0 N–H and O–H groups in total. The normalized spacial score (nSPS) is 13.4. The van der Waals surface area contributed by atoms with Gasteiger partial charge in [-0.3, -0.25) is 9.36 Å². The van der Waals surface area contributed by atoms with Crippen molar-refractivity contribution in [3.63, 3.8) is 0 Å². The Morgan fingerprint density at radius 3 is 2.72 bits per heavy atom. The molecule has 25 heavy (non-hydrogen) atoms. The average Bonchev–Trinajstić information content (AvgIpc) is 3.28. The zero-order chi connectivity index (χ0) is 17.4. The van der Waals surface area contributed by atoms with Gasteiger partial charge >= 0.3 is 0 Å². The number of fused-ring (bicyclic) bond motifs is 1. The first-order chi connectivity index (χ1) is 12.2. The Hall–Kier alpha value is -3.26. The van der Waals surface area contributed by atoms with Gasteiger partial charge in [0.05, 0.1) is 0 Å². The van der Waals surface area contributed by atoms with Crippen molar-refractivity contribution in [2.45, 2.75) is 19.8 Å². The van der Waals surface area contributed by atoms with Crippen molar-refractivity contribution in [2.24, 2.45) is 0 Å². The summed E-state index contributed by atoms with van der Waals surface area (Å²) in [6, 6.07) is 13.8. The van der Waals surface area contributed by atoms with Crippen molar-refractivity contribution < 1.29 is 9.21 Å². The van der Waals surface area contributed by atoms with Gasteiger partial charge in [-0.15, -0.1) is 0 Å². The number of hydrogen-bond acceptors (Lipinski definition) is 3. The Morgan fingerprint density at radius 2 is 1.96 bits per heavy atom. The van der Waals surface area contributed by atoms with Crippen LogP contribution in [0, 0.1) is 18.3 Å². The number of carbonyl (C=O) groups is 1. The van der Waals surface area contributed by atoms with Crippen molar-refractivity contribution in [3.8, 4) is 12.0 Å². The third kappa shape index (κ3) is 2.43. The second-order valence-corrected chi connectivity index (χ2v) is 6.10. The number of carbonyl (C=O) groups excluding carboxylic acids is 1. The Bertz CT molecular complexity index is 977. The van der Waals surface area contributed by atoms with E-state index in [4.69, 9.17) is 4.42 Å². The number of anilines is 1. The lowest BCUT2D eigenvalue weighted by atomic mass is 10.00. The number of amides is 1. The van der Waals surface area contributed by atoms with Gasteiger partial charge < -0.3 is 9.32 Å². The van der Waals surface area contributed by atoms with Gasteiger partial charge in [-0.2, -0.15) is 5.26 Å². The first-order valence-electron chi connectivity index (χ1n) is 8.27. The predicted molar refractivity (Wildman–Crippen MR) is 93.9 cm³/mol. The van der Waals surface area contributed by atoms with E-state index in [0.29, 0.717) is 23.8 Å². The van der Waals surface area contributed by atoms with E-state index in [2.05, 4.69) is 6.07 Å². The highest BCUT2D eigenvalue weighted by Gasteiger charge is 2.30. The lowest BCUT2D eigenvalue weighted by molar-refractivity contribution is 0.0983. The highest BCUT2D eigenvalue weighted by Crippen LogP contribution is 2.32. The molecule has 5 heteroatoms. The topological polar surface area (TPSA) is 62.2 Å². The number of para-hydroxylation sites is 1. The molecule has 0 radical (unpaired) electrons. The molecular weight excluding hydrogens is 314 g/mol. The summed E-state index contributed by atoms with van der Waals surface area (Å²) in [5.74, 6) is 0.676. The number of nitrogens with zero attached hydrogens (tertiary/aromatic N) is 3. The average molecular weight is 331 g/mol. The number of rotatable bonds is 2. The second-order valence-electron chi connectivity index (χ2n) is 6.10. The van der Waals surface area contributed by atoms with E-state index in [1.54, 1.807) is 28.8 Å². The molecule has 0 bridgehead atoms. The Balaban J connectivity index is 1.81. The molecule has 0 spiro atoms. The molecule has 0 unspecified atom stereocenters. The largest absolute Gasteiger partial charge is 0.443 e. The lowest BCUT2D eigenvalue weighted by Crippen LogP contribution is -2.36. The summed E-state index contributed by atoms with van der Waals surface area (Å²) in [6.45, 7) is 2.38. The van der Waals surface area contributed by atoms with E-state index in [1.807, 2.05) is 36.4 Å². The number of aryl methyl sites for hydroxylation is 2. The molecule has 0 saturated carbocycles. The first-order valence-corrected chi connectivity index (χ1v) is 8.27. The fourth-order valence-electron chi connectivity index (χ4n) is 3.42. The van der Waals surface area contributed by atoms with Gasteiger partial charge in [0.2, 0.25) is 5.88 Å². The standard InChI is InChI=1S/C20H17N3O2/c1-14-18(16(13-21)20(25-14)22-10-4-5-11-22)19(24)23-12-6-8-15-7-2-3-9-17(15)23/h2-5,7,9-11H,6,8,12H2,1H3. The summed E-state index contributed by atoms with van der Waals surface area (Å²) >= 11 is 0. The predicted octanol–water partition coefficient (Wildman–Crippen LogP) is 3.84. The van der Waals surface area contributed by atoms with Crippen LogP contribution in [0.5, 0.6) is 0 Å². The summed E-state index contributed by atoms with van der Waals surface area (Å²) in [6.07, 6.45) is 5.46. The lowest BCUT2D eigenvalue weighted by Gasteiger charge is -2.29. The highest BCUT2D eigenvalue weighted by atomic mass is 16.4. The van der Waals surface area contributed by atoms with Gasteiger partial charge in [0.1, 0.15) is 23.0 Å². The molecular formula is C20H17N3O2. The number of nitriles is 1. The van der Waals surface area contributed by atoms with Crippen LogP contribution in [0.4, 0.5) is 5.69 Å². The van der Waals surface area contributed by atoms with Gasteiger partial charge in [0.25, 0.3) is 5.91 Å². The van der Waals surface area contributed by atoms with E-state index >= 15 is 0 Å². The SMILES string of the molecule is Cc1oc(-n2cccc2)c(C#N)c1C(=O)N1CCCc2ccccc21. The zero-order valence-corrected chi connectivity index (χ0v) is 13.9. The summed E-state index contributed by atoms with van der Waals surface area (Å²) in [5.41, 5.74) is 2.71. The van der Waals surface area contributed by atoms with Gasteiger partial charge in [-0.05, 0) is 43.5 Å². The quantitative estimate of drug-likeness (QED) is 0.716. The molecule has 0 atom stereocenters. The minimum absolute atomic E-state index is 0.177. The number of aromatic nitrogens is 1. The van der Waals surface area contributed by atoms with Crippen molar-refractivity contribution in [3.05, 3.63) is 71.2 Å². The Labute approximate surface area is 145 Å². The van der Waals surface area contributed by atoms with Crippen molar-refractivity contribution in [1.82, 2.24) is 4.57 Å². The number of furan rings is 1. The summed E-state index contributed by atoms with van der Waals surface area (Å²) in [4.78, 5) is 15.0. The monoisotopic (exact) mass is 331 g/mol. The zero-order valence-electron chi connectivity index (χ0n) is 13.9. The Morgan fingerprint density at radius 1 is 1.20 bits per heavy atom. The molecule has 0 saturated heterocycles. The van der Waals surface area contributed by atoms with Crippen LogP contribution >= 0.6 is 0 Å². The number of hydrogen-bond donors (Lipinski definition) is 0. The van der Waals surface area contributed by atoms with E-state index in [-0.39, 0.29) is 11.5 Å². The van der Waals surface area contributed by atoms with Crippen LogP contribution in [0.2, 0.25) is 0 Å². The van der Waals surface area contributed by atoms with Crippen LogP contribution < -0.4 is 4.90 Å². The van der Waals surface area contributed by atoms with Crippen LogP contribution in [0.1, 0.15) is 33.7 Å². The van der Waals surface area contributed by atoms with Crippen molar-refractivity contribution >= 4 is 11.6 Å². The van der Waals surface area contributed by atoms with E-state index in [9.17, 15) is 10.1 Å². The van der Waals surface area contributed by atoms with E-state index in [1.165, 1.54) is 0 Å². The maximum atomic E-state index is 13.3. The summed E-state index contributed by atoms with van der Waals surface area (Å²) in [5, 5.41) is 9.66. The van der Waals surface area contributed by atoms with Gasteiger partial charge in [-0.25, -0.2) is 0 Å². The van der Waals surface area contributed by atoms with Crippen LogP contribution in [0.25, 0.3) is 5.88 Å². The van der Waals surface area contributed by atoms with Crippen LogP contribution in [-0.4, -0.2) is 17.0 Å². The van der Waals surface area contributed by atoms with Gasteiger partial charge in [-0.1, -0.05) is 18.2 Å². The third-order valence-electron chi connectivity index (χ3n) is 4.59. The number of benzene rings is 1. The molecule has 3 aromatic rings. The molecule has 1 aromatic carbocycles. The molecule has 0 fully saturated rings. The minimum atomic E-state index is -0.177. The van der Waals surface area contributed by atoms with Crippen LogP contribution in [-0.2, 0) is 6.42 Å². The minimum Gasteiger partial charge on any atom is -0.443 e. The molecule has 4 rings (SSSR count). The summed E-state index contributed by atoms with van der Waals surface area (Å²) in [7, 11) is 0. The van der Waals surface area contributed by atoms with Gasteiger partial charge in [0.15, 0.2) is 0 Å². The molecule has 124 valence electrons. The molecule has 3 heterocycles. The Kier molecular flexibility index (Phi) is 3.66. The molecule has 5 nitrogen and oxygen atoms in total. The fraction of sp³-hybridized carbons (Fsp3) is 0.200. The molecule has 1 amide bonds. The smallest absolute Gasteiger partial charge is 0.263 e. The van der Waals surface area contributed by atoms with Crippen LogP contribution in [0.3, 0.4) is 0 Å². The molecule has 1 aliphatic rings. The van der Waals surface area contributed by atoms with Gasteiger partial charge in [0, 0.05) is 24.6 Å². The van der Waals surface area contributed by atoms with E-state index < -0.39 is 0 Å². The molecule has 0 aliphatic carbocycles. The third-order valence-corrected chi connectivity index (χ3v) is 4.59. The van der Waals surface area contributed by atoms with Crippen LogP contribution in [0.15, 0.2) is 53.2 Å². The summed E-state index contributed by atoms with van der Waals surface area (Å²) < 4.78 is 7.49. The molecule has 1 aliphatic heterocycles. The maximum absolute atomic E-state index is 13.3. The van der Waals surface area contributed by atoms with Crippen molar-refractivity contribution in [1.29, 1.82) is 5.26 Å². The highest BCUT2D eigenvalue weighted by molar-refractivity contribution is 6.09. The molecule has 2 aromatic heterocycles. The maximum Gasteiger partial charge on any atom is 0.263 e. The first kappa shape index (κ1) is 15.3. The fourth-order valence-corrected chi connectivity index (χ4v) is 3.42. The second kappa shape index (κ2) is 5.99. The van der Waals surface area contributed by atoms with Crippen molar-refractivity contribution in [2.75, 3.05) is 11.4 Å².